The number of benzene rings is 1. The predicted molar refractivity (Wildman–Crippen MR) is 84.8 cm³/mol. The van der Waals surface area contributed by atoms with Crippen molar-refractivity contribution < 1.29 is 19.5 Å². The van der Waals surface area contributed by atoms with Crippen molar-refractivity contribution >= 4 is 23.3 Å². The fraction of sp³-hybridized carbons (Fsp3) is 0.471. The number of rotatable bonds is 7. The third-order valence-corrected chi connectivity index (χ3v) is 3.86. The highest BCUT2D eigenvalue weighted by atomic mass is 16.4. The zero-order chi connectivity index (χ0) is 16.9. The second-order valence-electron chi connectivity index (χ2n) is 5.98. The first kappa shape index (κ1) is 17.9. The minimum Gasteiger partial charge on any atom is -0.478 e. The third kappa shape index (κ3) is 4.98. The van der Waals surface area contributed by atoms with Gasteiger partial charge in [0.1, 0.15) is 5.78 Å². The molecule has 0 aromatic heterocycles. The monoisotopic (exact) mass is 305 g/mol. The van der Waals surface area contributed by atoms with E-state index < -0.39 is 11.9 Å². The number of nitrogens with one attached hydrogen (secondary N) is 1. The molecule has 0 heterocycles. The van der Waals surface area contributed by atoms with E-state index in [1.165, 1.54) is 24.3 Å². The smallest absolute Gasteiger partial charge is 0.335 e. The Morgan fingerprint density at radius 2 is 1.59 bits per heavy atom. The molecule has 0 saturated carbocycles. The normalized spacial score (nSPS) is 13.5. The lowest BCUT2D eigenvalue weighted by Crippen LogP contribution is -2.26. The van der Waals surface area contributed by atoms with Crippen LogP contribution < -0.4 is 5.32 Å². The van der Waals surface area contributed by atoms with Crippen LogP contribution in [0.4, 0.5) is 5.69 Å². The molecule has 22 heavy (non-hydrogen) atoms. The average Bonchev–Trinajstić information content (AvgIpc) is 2.46. The number of amides is 1. The summed E-state index contributed by atoms with van der Waals surface area (Å²) in [6.45, 7) is 7.56. The molecule has 0 radical (unpaired) electrons. The van der Waals surface area contributed by atoms with Crippen LogP contribution in [0.2, 0.25) is 0 Å². The first-order valence-corrected chi connectivity index (χ1v) is 7.39. The summed E-state index contributed by atoms with van der Waals surface area (Å²) < 4.78 is 0. The molecule has 0 spiro atoms. The van der Waals surface area contributed by atoms with E-state index >= 15 is 0 Å². The summed E-state index contributed by atoms with van der Waals surface area (Å²) in [4.78, 5) is 34.9. The molecule has 0 fully saturated rings. The van der Waals surface area contributed by atoms with Crippen LogP contribution in [0.5, 0.6) is 0 Å². The van der Waals surface area contributed by atoms with E-state index in [-0.39, 0.29) is 35.5 Å². The zero-order valence-corrected chi connectivity index (χ0v) is 13.4. The van der Waals surface area contributed by atoms with Gasteiger partial charge in [-0.15, -0.1) is 0 Å². The molecule has 0 unspecified atom stereocenters. The molecule has 0 saturated heterocycles. The number of hydrogen-bond acceptors (Lipinski definition) is 3. The number of carbonyl (C=O) groups is 3. The predicted octanol–water partition coefficient (Wildman–Crippen LogP) is 3.21. The Labute approximate surface area is 130 Å². The van der Waals surface area contributed by atoms with Gasteiger partial charge >= 0.3 is 5.97 Å². The van der Waals surface area contributed by atoms with Crippen LogP contribution in [0.3, 0.4) is 0 Å². The van der Waals surface area contributed by atoms with Crippen molar-refractivity contribution in [3.63, 3.8) is 0 Å². The Hall–Kier alpha value is -2.17. The van der Waals surface area contributed by atoms with E-state index in [9.17, 15) is 14.4 Å². The molecule has 5 heteroatoms. The number of carboxylic acid groups (broad SMARTS) is 1. The van der Waals surface area contributed by atoms with Crippen molar-refractivity contribution in [2.24, 2.45) is 17.8 Å². The fourth-order valence-electron chi connectivity index (χ4n) is 1.91. The van der Waals surface area contributed by atoms with Crippen LogP contribution in [0.25, 0.3) is 0 Å². The van der Waals surface area contributed by atoms with Gasteiger partial charge in [0.2, 0.25) is 5.91 Å². The topological polar surface area (TPSA) is 83.5 Å². The SMILES string of the molecule is CC(C)[C@H](C)C(=O)C[C@@H](C)C(=O)Nc1ccc(C(=O)O)cc1. The maximum absolute atomic E-state index is 12.1. The Balaban J connectivity index is 2.60. The summed E-state index contributed by atoms with van der Waals surface area (Å²) in [5.41, 5.74) is 0.679. The maximum atomic E-state index is 12.1. The number of carboxylic acids is 1. The lowest BCUT2D eigenvalue weighted by molar-refractivity contribution is -0.128. The number of aromatic carboxylic acids is 1. The summed E-state index contributed by atoms with van der Waals surface area (Å²) in [7, 11) is 0. The van der Waals surface area contributed by atoms with Gasteiger partial charge in [-0.25, -0.2) is 4.79 Å². The summed E-state index contributed by atoms with van der Waals surface area (Å²) in [5.74, 6) is -1.41. The summed E-state index contributed by atoms with van der Waals surface area (Å²) in [6, 6.07) is 5.92. The molecule has 0 aliphatic rings. The van der Waals surface area contributed by atoms with Gasteiger partial charge in [-0.05, 0) is 30.2 Å². The summed E-state index contributed by atoms with van der Waals surface area (Å²) >= 11 is 0. The molecule has 1 rings (SSSR count). The minimum atomic E-state index is -1.01. The number of anilines is 1. The van der Waals surface area contributed by atoms with Gasteiger partial charge in [-0.1, -0.05) is 27.7 Å². The highest BCUT2D eigenvalue weighted by Gasteiger charge is 2.22. The fourth-order valence-corrected chi connectivity index (χ4v) is 1.91. The number of hydrogen-bond donors (Lipinski definition) is 2. The van der Waals surface area contributed by atoms with E-state index in [1.54, 1.807) is 6.92 Å². The lowest BCUT2D eigenvalue weighted by Gasteiger charge is -2.17. The van der Waals surface area contributed by atoms with Crippen molar-refractivity contribution in [3.8, 4) is 0 Å². The Morgan fingerprint density at radius 3 is 2.05 bits per heavy atom. The van der Waals surface area contributed by atoms with E-state index in [0.29, 0.717) is 5.69 Å². The Kier molecular flexibility index (Phi) is 6.28. The van der Waals surface area contributed by atoms with Crippen LogP contribution in [0.15, 0.2) is 24.3 Å². The van der Waals surface area contributed by atoms with E-state index in [2.05, 4.69) is 5.32 Å². The molecule has 2 N–H and O–H groups in total. The molecule has 1 aromatic carbocycles. The Bertz CT molecular complexity index is 548. The number of carbonyl (C=O) groups excluding carboxylic acids is 2. The first-order valence-electron chi connectivity index (χ1n) is 7.39. The van der Waals surface area contributed by atoms with Gasteiger partial charge in [-0.2, -0.15) is 0 Å². The molecule has 5 nitrogen and oxygen atoms in total. The second kappa shape index (κ2) is 7.73. The standard InChI is InChI=1S/C17H23NO4/c1-10(2)12(4)15(19)9-11(3)16(20)18-14-7-5-13(6-8-14)17(21)22/h5-8,10-12H,9H2,1-4H3,(H,18,20)(H,21,22)/t11-,12+/m1/s1. The van der Waals surface area contributed by atoms with E-state index in [0.717, 1.165) is 0 Å². The van der Waals surface area contributed by atoms with Gasteiger partial charge in [0.15, 0.2) is 0 Å². The number of Topliss-reactive ketones (excluding diaryl/α,β-unsaturated/α-hetero) is 1. The highest BCUT2D eigenvalue weighted by Crippen LogP contribution is 2.18. The second-order valence-corrected chi connectivity index (χ2v) is 5.98. The third-order valence-electron chi connectivity index (χ3n) is 3.86. The molecule has 0 aliphatic carbocycles. The molecule has 120 valence electrons. The molecular formula is C17H23NO4. The van der Waals surface area contributed by atoms with Gasteiger partial charge < -0.3 is 10.4 Å². The quantitative estimate of drug-likeness (QED) is 0.810. The van der Waals surface area contributed by atoms with Gasteiger partial charge in [-0.3, -0.25) is 9.59 Å². The average molecular weight is 305 g/mol. The molecule has 0 bridgehead atoms. The van der Waals surface area contributed by atoms with Crippen molar-refractivity contribution in [2.45, 2.75) is 34.1 Å². The molecule has 2 atom stereocenters. The molecule has 1 amide bonds. The van der Waals surface area contributed by atoms with Crippen LogP contribution >= 0.6 is 0 Å². The molecular weight excluding hydrogens is 282 g/mol. The van der Waals surface area contributed by atoms with Crippen molar-refractivity contribution in [3.05, 3.63) is 29.8 Å². The Morgan fingerprint density at radius 1 is 1.05 bits per heavy atom. The van der Waals surface area contributed by atoms with Crippen molar-refractivity contribution in [1.29, 1.82) is 0 Å². The first-order chi connectivity index (χ1) is 10.2. The van der Waals surface area contributed by atoms with Crippen LogP contribution in [0.1, 0.15) is 44.5 Å². The largest absolute Gasteiger partial charge is 0.478 e. The van der Waals surface area contributed by atoms with Gasteiger partial charge in [0.05, 0.1) is 5.56 Å². The zero-order valence-electron chi connectivity index (χ0n) is 13.4. The van der Waals surface area contributed by atoms with Crippen LogP contribution in [0, 0.1) is 17.8 Å². The van der Waals surface area contributed by atoms with Crippen LogP contribution in [-0.4, -0.2) is 22.8 Å². The van der Waals surface area contributed by atoms with Crippen LogP contribution in [-0.2, 0) is 9.59 Å². The van der Waals surface area contributed by atoms with E-state index in [4.69, 9.17) is 5.11 Å². The maximum Gasteiger partial charge on any atom is 0.335 e. The number of ketones is 1. The highest BCUT2D eigenvalue weighted by molar-refractivity contribution is 5.96. The van der Waals surface area contributed by atoms with Crippen molar-refractivity contribution in [2.75, 3.05) is 5.32 Å². The minimum absolute atomic E-state index is 0.0647. The lowest BCUT2D eigenvalue weighted by atomic mass is 9.88. The van der Waals surface area contributed by atoms with Gasteiger partial charge in [0, 0.05) is 23.9 Å². The van der Waals surface area contributed by atoms with Crippen molar-refractivity contribution in [1.82, 2.24) is 0 Å². The van der Waals surface area contributed by atoms with E-state index in [1.807, 2.05) is 20.8 Å². The molecule has 0 aliphatic heterocycles. The molecule has 1 aromatic rings. The summed E-state index contributed by atoms with van der Waals surface area (Å²) in [6.07, 6.45) is 0.207. The summed E-state index contributed by atoms with van der Waals surface area (Å²) in [5, 5.41) is 11.5. The van der Waals surface area contributed by atoms with Gasteiger partial charge in [0.25, 0.3) is 0 Å².